The van der Waals surface area contributed by atoms with E-state index >= 15 is 0 Å². The Morgan fingerprint density at radius 2 is 2.00 bits per heavy atom. The van der Waals surface area contributed by atoms with E-state index in [1.807, 2.05) is 23.5 Å². The number of thioether (sulfide) groups is 2. The summed E-state index contributed by atoms with van der Waals surface area (Å²) < 4.78 is 0.401. The van der Waals surface area contributed by atoms with E-state index in [9.17, 15) is 0 Å². The molecule has 1 aliphatic heterocycles. The quantitative estimate of drug-likeness (QED) is 0.885. The third-order valence-corrected chi connectivity index (χ3v) is 7.02. The topological polar surface area (TPSA) is 24.4 Å². The lowest BCUT2D eigenvalue weighted by molar-refractivity contribution is 0.405. The van der Waals surface area contributed by atoms with Gasteiger partial charge in [0.2, 0.25) is 0 Å². The SMILES string of the molecule is CSC1(CN=C2NC(c3ccccc3)CS2)CCCCC1. The fourth-order valence-corrected chi connectivity index (χ4v) is 5.06. The molecule has 1 N–H and O–H groups in total. The van der Waals surface area contributed by atoms with E-state index in [4.69, 9.17) is 4.99 Å². The molecular formula is C17H24N2S2. The van der Waals surface area contributed by atoms with Gasteiger partial charge in [-0.1, -0.05) is 61.4 Å². The summed E-state index contributed by atoms with van der Waals surface area (Å²) >= 11 is 3.90. The monoisotopic (exact) mass is 320 g/mol. The zero-order chi connectivity index (χ0) is 14.5. The Hall–Kier alpha value is -0.610. The third-order valence-electron chi connectivity index (χ3n) is 4.59. The van der Waals surface area contributed by atoms with E-state index in [1.165, 1.54) is 37.7 Å². The van der Waals surface area contributed by atoms with Gasteiger partial charge in [0.05, 0.1) is 12.6 Å². The van der Waals surface area contributed by atoms with Gasteiger partial charge in [-0.25, -0.2) is 0 Å². The molecule has 3 rings (SSSR count). The van der Waals surface area contributed by atoms with E-state index in [2.05, 4.69) is 41.9 Å². The summed E-state index contributed by atoms with van der Waals surface area (Å²) in [6.07, 6.45) is 9.07. The van der Waals surface area contributed by atoms with Gasteiger partial charge in [0.1, 0.15) is 0 Å². The van der Waals surface area contributed by atoms with Crippen molar-refractivity contribution in [2.24, 2.45) is 4.99 Å². The van der Waals surface area contributed by atoms with Crippen LogP contribution in [0.4, 0.5) is 0 Å². The molecule has 0 spiro atoms. The highest BCUT2D eigenvalue weighted by atomic mass is 32.2. The molecule has 114 valence electrons. The highest BCUT2D eigenvalue weighted by Gasteiger charge is 2.31. The molecule has 4 heteroatoms. The molecule has 2 nitrogen and oxygen atoms in total. The van der Waals surface area contributed by atoms with Crippen LogP contribution in [-0.4, -0.2) is 28.5 Å². The molecule has 1 saturated heterocycles. The van der Waals surface area contributed by atoms with Gasteiger partial charge in [-0.3, -0.25) is 4.99 Å². The van der Waals surface area contributed by atoms with Gasteiger partial charge in [-0.05, 0) is 24.7 Å². The van der Waals surface area contributed by atoms with E-state index in [0.717, 1.165) is 17.5 Å². The predicted molar refractivity (Wildman–Crippen MR) is 96.4 cm³/mol. The average molecular weight is 321 g/mol. The summed E-state index contributed by atoms with van der Waals surface area (Å²) in [7, 11) is 0. The molecule has 1 aromatic rings. The summed E-state index contributed by atoms with van der Waals surface area (Å²) in [6.45, 7) is 0.977. The van der Waals surface area contributed by atoms with Crippen LogP contribution >= 0.6 is 23.5 Å². The molecule has 1 unspecified atom stereocenters. The summed E-state index contributed by atoms with van der Waals surface area (Å²) in [5.41, 5.74) is 1.37. The Bertz CT molecular complexity index is 481. The van der Waals surface area contributed by atoms with Crippen LogP contribution in [0.15, 0.2) is 35.3 Å². The van der Waals surface area contributed by atoms with Crippen molar-refractivity contribution in [3.05, 3.63) is 35.9 Å². The predicted octanol–water partition coefficient (Wildman–Crippen LogP) is 4.49. The van der Waals surface area contributed by atoms with Crippen LogP contribution in [-0.2, 0) is 0 Å². The second kappa shape index (κ2) is 7.10. The first kappa shape index (κ1) is 15.3. The molecule has 0 amide bonds. The van der Waals surface area contributed by atoms with Crippen molar-refractivity contribution in [1.82, 2.24) is 5.32 Å². The number of hydrogen-bond donors (Lipinski definition) is 1. The molecule has 0 aromatic heterocycles. The standard InChI is InChI=1S/C17H24N2S2/c1-20-17(10-6-3-7-11-17)13-18-16-19-15(12-21-16)14-8-4-2-5-9-14/h2,4-5,8-9,15H,3,6-7,10-13H2,1H3,(H,18,19). The fourth-order valence-electron chi connectivity index (χ4n) is 3.19. The van der Waals surface area contributed by atoms with Crippen molar-refractivity contribution in [2.45, 2.75) is 42.9 Å². The van der Waals surface area contributed by atoms with Gasteiger partial charge >= 0.3 is 0 Å². The highest BCUT2D eigenvalue weighted by Crippen LogP contribution is 2.39. The molecule has 0 radical (unpaired) electrons. The maximum absolute atomic E-state index is 4.91. The van der Waals surface area contributed by atoms with Crippen molar-refractivity contribution < 1.29 is 0 Å². The van der Waals surface area contributed by atoms with Crippen molar-refractivity contribution in [1.29, 1.82) is 0 Å². The summed E-state index contributed by atoms with van der Waals surface area (Å²) in [6, 6.07) is 11.1. The Morgan fingerprint density at radius 3 is 2.71 bits per heavy atom. The molecule has 21 heavy (non-hydrogen) atoms. The molecule has 1 aromatic carbocycles. The molecule has 1 heterocycles. The lowest BCUT2D eigenvalue weighted by atomic mass is 9.88. The van der Waals surface area contributed by atoms with E-state index in [0.29, 0.717) is 10.8 Å². The van der Waals surface area contributed by atoms with Crippen LogP contribution in [0, 0.1) is 0 Å². The highest BCUT2D eigenvalue weighted by molar-refractivity contribution is 8.14. The number of aliphatic imine (C=N–C) groups is 1. The van der Waals surface area contributed by atoms with Crippen LogP contribution in [0.1, 0.15) is 43.7 Å². The van der Waals surface area contributed by atoms with Gasteiger partial charge in [-0.15, -0.1) is 0 Å². The third kappa shape index (κ3) is 3.78. The summed E-state index contributed by atoms with van der Waals surface area (Å²) in [5.74, 6) is 1.09. The van der Waals surface area contributed by atoms with Crippen molar-refractivity contribution in [3.8, 4) is 0 Å². The van der Waals surface area contributed by atoms with Crippen LogP contribution < -0.4 is 5.32 Å². The molecule has 1 aliphatic carbocycles. The number of nitrogens with one attached hydrogen (secondary N) is 1. The number of rotatable bonds is 4. The molecule has 1 saturated carbocycles. The Kier molecular flexibility index (Phi) is 5.17. The molecule has 2 fully saturated rings. The number of benzene rings is 1. The minimum absolute atomic E-state index is 0.401. The summed E-state index contributed by atoms with van der Waals surface area (Å²) in [4.78, 5) is 4.91. The van der Waals surface area contributed by atoms with Gasteiger partial charge < -0.3 is 5.32 Å². The first-order valence-electron chi connectivity index (χ1n) is 7.85. The molecule has 0 bridgehead atoms. The molecular weight excluding hydrogens is 296 g/mol. The second-order valence-electron chi connectivity index (χ2n) is 5.99. The second-order valence-corrected chi connectivity index (χ2v) is 8.27. The Morgan fingerprint density at radius 1 is 1.24 bits per heavy atom. The normalized spacial score (nSPS) is 26.7. The van der Waals surface area contributed by atoms with E-state index in [-0.39, 0.29) is 0 Å². The van der Waals surface area contributed by atoms with Crippen LogP contribution in [0.25, 0.3) is 0 Å². The lowest BCUT2D eigenvalue weighted by Gasteiger charge is -2.34. The van der Waals surface area contributed by atoms with Crippen LogP contribution in [0.2, 0.25) is 0 Å². The maximum Gasteiger partial charge on any atom is 0.157 e. The molecule has 2 aliphatic rings. The Balaban J connectivity index is 1.60. The largest absolute Gasteiger partial charge is 0.357 e. The van der Waals surface area contributed by atoms with Gasteiger partial charge in [0.25, 0.3) is 0 Å². The zero-order valence-corrected chi connectivity index (χ0v) is 14.3. The number of nitrogens with zero attached hydrogens (tertiary/aromatic N) is 1. The van der Waals surface area contributed by atoms with Crippen molar-refractivity contribution >= 4 is 28.7 Å². The number of amidine groups is 1. The number of hydrogen-bond acceptors (Lipinski definition) is 3. The molecule has 1 atom stereocenters. The minimum atomic E-state index is 0.401. The smallest absolute Gasteiger partial charge is 0.157 e. The maximum atomic E-state index is 4.91. The van der Waals surface area contributed by atoms with Gasteiger partial charge in [0.15, 0.2) is 5.17 Å². The fraction of sp³-hybridized carbons (Fsp3) is 0.588. The van der Waals surface area contributed by atoms with Crippen molar-refractivity contribution in [2.75, 3.05) is 18.6 Å². The first-order valence-corrected chi connectivity index (χ1v) is 10.1. The lowest BCUT2D eigenvalue weighted by Crippen LogP contribution is -2.32. The van der Waals surface area contributed by atoms with Crippen LogP contribution in [0.3, 0.4) is 0 Å². The first-order chi connectivity index (χ1) is 10.3. The zero-order valence-electron chi connectivity index (χ0n) is 12.7. The van der Waals surface area contributed by atoms with Gasteiger partial charge in [0, 0.05) is 10.5 Å². The average Bonchev–Trinajstić information content (AvgIpc) is 3.04. The Labute approximate surface area is 136 Å². The van der Waals surface area contributed by atoms with Gasteiger partial charge in [-0.2, -0.15) is 11.8 Å². The van der Waals surface area contributed by atoms with Crippen molar-refractivity contribution in [3.63, 3.8) is 0 Å². The van der Waals surface area contributed by atoms with E-state index in [1.54, 1.807) is 0 Å². The van der Waals surface area contributed by atoms with E-state index < -0.39 is 0 Å². The minimum Gasteiger partial charge on any atom is -0.357 e. The van der Waals surface area contributed by atoms with Crippen LogP contribution in [0.5, 0.6) is 0 Å². The summed E-state index contributed by atoms with van der Waals surface area (Å²) in [5, 5.41) is 4.73.